The highest BCUT2D eigenvalue weighted by molar-refractivity contribution is 7.73. The summed E-state index contributed by atoms with van der Waals surface area (Å²) in [6, 6.07) is 22.5. The molecule has 0 aliphatic heterocycles. The lowest BCUT2D eigenvalue weighted by molar-refractivity contribution is 0.362. The van der Waals surface area contributed by atoms with Crippen LogP contribution in [-0.2, 0) is 0 Å². The monoisotopic (exact) mass is 310 g/mol. The zero-order valence-corrected chi connectivity index (χ0v) is 14.7. The molecule has 3 atom stereocenters. The molecule has 0 spiro atoms. The summed E-state index contributed by atoms with van der Waals surface area (Å²) < 4.78 is 0. The summed E-state index contributed by atoms with van der Waals surface area (Å²) in [4.78, 5) is 0. The van der Waals surface area contributed by atoms with Gasteiger partial charge in [0.15, 0.2) is 0 Å². The van der Waals surface area contributed by atoms with E-state index in [9.17, 15) is 0 Å². The van der Waals surface area contributed by atoms with Gasteiger partial charge in [-0.3, -0.25) is 0 Å². The number of hydrogen-bond acceptors (Lipinski definition) is 0. The van der Waals surface area contributed by atoms with Gasteiger partial charge >= 0.3 is 0 Å². The Morgan fingerprint density at radius 1 is 0.909 bits per heavy atom. The molecular weight excluding hydrogens is 283 g/mol. The molecule has 0 saturated heterocycles. The minimum atomic E-state index is -0.229. The van der Waals surface area contributed by atoms with Gasteiger partial charge in [-0.15, -0.1) is 0 Å². The molecule has 0 heterocycles. The lowest BCUT2D eigenvalue weighted by atomic mass is 9.90. The average molecular weight is 310 g/mol. The normalized spacial score (nSPS) is 22.9. The van der Waals surface area contributed by atoms with Crippen molar-refractivity contribution in [2.45, 2.75) is 45.2 Å². The third-order valence-electron chi connectivity index (χ3n) is 5.31. The Labute approximate surface area is 136 Å². The van der Waals surface area contributed by atoms with Crippen LogP contribution in [-0.4, -0.2) is 5.66 Å². The quantitative estimate of drug-likeness (QED) is 0.654. The maximum atomic E-state index is 2.46. The van der Waals surface area contributed by atoms with Crippen LogP contribution >= 0.6 is 7.92 Å². The van der Waals surface area contributed by atoms with Crippen molar-refractivity contribution in [3.8, 4) is 0 Å². The summed E-state index contributed by atoms with van der Waals surface area (Å²) in [5.41, 5.74) is 0.856. The average Bonchev–Trinajstić information content (AvgIpc) is 3.06. The predicted molar refractivity (Wildman–Crippen MR) is 99.7 cm³/mol. The molecule has 3 rings (SSSR count). The van der Waals surface area contributed by atoms with E-state index in [2.05, 4.69) is 74.5 Å². The van der Waals surface area contributed by atoms with Crippen LogP contribution in [0, 0.1) is 11.8 Å². The van der Waals surface area contributed by atoms with Crippen LogP contribution in [0.5, 0.6) is 0 Å². The Kier molecular flexibility index (Phi) is 5.32. The predicted octanol–water partition coefficient (Wildman–Crippen LogP) is 5.33. The van der Waals surface area contributed by atoms with Gasteiger partial charge in [0.25, 0.3) is 0 Å². The molecule has 22 heavy (non-hydrogen) atoms. The minimum Gasteiger partial charge on any atom is -0.0651 e. The van der Waals surface area contributed by atoms with Crippen LogP contribution in [0.2, 0.25) is 0 Å². The smallest absolute Gasteiger partial charge is 0.00979 e. The van der Waals surface area contributed by atoms with Gasteiger partial charge < -0.3 is 0 Å². The highest BCUT2D eigenvalue weighted by Crippen LogP contribution is 2.52. The first kappa shape index (κ1) is 15.8. The van der Waals surface area contributed by atoms with Crippen LogP contribution < -0.4 is 10.6 Å². The van der Waals surface area contributed by atoms with Crippen molar-refractivity contribution in [1.82, 2.24) is 0 Å². The number of hydrogen-bond donors (Lipinski definition) is 0. The Morgan fingerprint density at radius 3 is 1.95 bits per heavy atom. The second-order valence-electron chi connectivity index (χ2n) is 6.59. The lowest BCUT2D eigenvalue weighted by Crippen LogP contribution is -2.27. The summed E-state index contributed by atoms with van der Waals surface area (Å²) in [7, 11) is -0.229. The molecule has 0 aromatic heterocycles. The number of benzene rings is 2. The molecule has 0 amide bonds. The van der Waals surface area contributed by atoms with Gasteiger partial charge in [-0.1, -0.05) is 87.4 Å². The van der Waals surface area contributed by atoms with Gasteiger partial charge in [0.05, 0.1) is 0 Å². The largest absolute Gasteiger partial charge is 0.0651 e. The Morgan fingerprint density at radius 2 is 1.45 bits per heavy atom. The molecule has 1 aliphatic rings. The van der Waals surface area contributed by atoms with Crippen molar-refractivity contribution in [1.29, 1.82) is 0 Å². The maximum absolute atomic E-state index is 2.46. The maximum Gasteiger partial charge on any atom is -0.00979 e. The van der Waals surface area contributed by atoms with Crippen molar-refractivity contribution >= 4 is 18.5 Å². The van der Waals surface area contributed by atoms with Crippen molar-refractivity contribution < 1.29 is 0 Å². The van der Waals surface area contributed by atoms with Crippen molar-refractivity contribution in [3.05, 3.63) is 60.7 Å². The fourth-order valence-corrected chi connectivity index (χ4v) is 7.28. The van der Waals surface area contributed by atoms with E-state index in [0.29, 0.717) is 0 Å². The zero-order chi connectivity index (χ0) is 15.4. The van der Waals surface area contributed by atoms with E-state index in [4.69, 9.17) is 0 Å². The van der Waals surface area contributed by atoms with Gasteiger partial charge in [-0.2, -0.15) is 0 Å². The molecule has 116 valence electrons. The lowest BCUT2D eigenvalue weighted by Gasteiger charge is -2.33. The highest BCUT2D eigenvalue weighted by Gasteiger charge is 2.37. The standard InChI is InChI=1S/C21H27P/c1-3-17(2)20-15-10-16-21(20)22(18-11-6-4-7-12-18)19-13-8-5-9-14-19/h4-9,11-14,17,20-21H,3,10,15-16H2,1-2H3. The first-order chi connectivity index (χ1) is 10.8. The van der Waals surface area contributed by atoms with Crippen LogP contribution in [0.25, 0.3) is 0 Å². The number of rotatable bonds is 5. The van der Waals surface area contributed by atoms with E-state index in [-0.39, 0.29) is 7.92 Å². The topological polar surface area (TPSA) is 0 Å². The summed E-state index contributed by atoms with van der Waals surface area (Å²) in [6.07, 6.45) is 5.56. The molecule has 1 aliphatic carbocycles. The van der Waals surface area contributed by atoms with Crippen molar-refractivity contribution in [3.63, 3.8) is 0 Å². The molecule has 0 nitrogen and oxygen atoms in total. The molecule has 3 unspecified atom stereocenters. The zero-order valence-electron chi connectivity index (χ0n) is 13.8. The van der Waals surface area contributed by atoms with E-state index in [1.54, 1.807) is 10.6 Å². The summed E-state index contributed by atoms with van der Waals surface area (Å²) in [5.74, 6) is 1.75. The SMILES string of the molecule is CCC(C)C1CCCC1P(c1ccccc1)c1ccccc1. The first-order valence-electron chi connectivity index (χ1n) is 8.70. The molecule has 0 radical (unpaired) electrons. The van der Waals surface area contributed by atoms with Crippen LogP contribution in [0.1, 0.15) is 39.5 Å². The molecule has 1 saturated carbocycles. The third kappa shape index (κ3) is 3.28. The molecule has 2 aromatic carbocycles. The molecular formula is C21H27P. The van der Waals surface area contributed by atoms with Crippen LogP contribution in [0.4, 0.5) is 0 Å². The van der Waals surface area contributed by atoms with Gasteiger partial charge in [-0.25, -0.2) is 0 Å². The first-order valence-corrected chi connectivity index (χ1v) is 10.1. The van der Waals surface area contributed by atoms with E-state index >= 15 is 0 Å². The van der Waals surface area contributed by atoms with E-state index < -0.39 is 0 Å². The Hall–Kier alpha value is -1.13. The molecule has 1 heteroatoms. The highest BCUT2D eigenvalue weighted by atomic mass is 31.1. The molecule has 0 N–H and O–H groups in total. The fourth-order valence-electron chi connectivity index (χ4n) is 3.97. The van der Waals surface area contributed by atoms with Gasteiger partial charge in [0, 0.05) is 0 Å². The third-order valence-corrected chi connectivity index (χ3v) is 8.32. The van der Waals surface area contributed by atoms with E-state index in [0.717, 1.165) is 17.5 Å². The molecule has 1 fully saturated rings. The fraction of sp³-hybridized carbons (Fsp3) is 0.429. The van der Waals surface area contributed by atoms with Crippen LogP contribution in [0.15, 0.2) is 60.7 Å². The van der Waals surface area contributed by atoms with E-state index in [1.807, 2.05) is 0 Å². The van der Waals surface area contributed by atoms with Gasteiger partial charge in [-0.05, 0) is 48.9 Å². The van der Waals surface area contributed by atoms with Crippen molar-refractivity contribution in [2.24, 2.45) is 11.8 Å². The summed E-state index contributed by atoms with van der Waals surface area (Å²) in [5, 5.41) is 3.12. The Bertz CT molecular complexity index is 523. The van der Waals surface area contributed by atoms with Crippen LogP contribution in [0.3, 0.4) is 0 Å². The minimum absolute atomic E-state index is 0.229. The van der Waals surface area contributed by atoms with Crippen molar-refractivity contribution in [2.75, 3.05) is 0 Å². The Balaban J connectivity index is 1.99. The second-order valence-corrected chi connectivity index (χ2v) is 9.02. The molecule has 2 aromatic rings. The second kappa shape index (κ2) is 7.42. The summed E-state index contributed by atoms with van der Waals surface area (Å²) in [6.45, 7) is 4.82. The summed E-state index contributed by atoms with van der Waals surface area (Å²) >= 11 is 0. The van der Waals surface area contributed by atoms with Gasteiger partial charge in [0.2, 0.25) is 0 Å². The van der Waals surface area contributed by atoms with E-state index in [1.165, 1.54) is 25.7 Å². The van der Waals surface area contributed by atoms with Gasteiger partial charge in [0.1, 0.15) is 0 Å². The molecule has 0 bridgehead atoms.